The molecular weight excluding hydrogens is 376 g/mol. The molecule has 1 amide bonds. The monoisotopic (exact) mass is 399 g/mol. The van der Waals surface area contributed by atoms with Gasteiger partial charge in [-0.05, 0) is 37.3 Å². The van der Waals surface area contributed by atoms with Crippen molar-refractivity contribution in [3.8, 4) is 11.8 Å². The molecule has 146 valence electrons. The van der Waals surface area contributed by atoms with Crippen LogP contribution in [0, 0.1) is 11.3 Å². The molecule has 0 radical (unpaired) electrons. The normalized spacial score (nSPS) is 14.4. The molecule has 28 heavy (non-hydrogen) atoms. The van der Waals surface area contributed by atoms with Crippen LogP contribution in [0.25, 0.3) is 0 Å². The van der Waals surface area contributed by atoms with Gasteiger partial charge < -0.3 is 19.9 Å². The summed E-state index contributed by atoms with van der Waals surface area (Å²) in [6.45, 7) is 7.14. The van der Waals surface area contributed by atoms with Crippen LogP contribution < -0.4 is 19.9 Å². The fourth-order valence-corrected chi connectivity index (χ4v) is 3.49. The molecule has 1 aliphatic rings. The highest BCUT2D eigenvalue weighted by Crippen LogP contribution is 2.29. The highest BCUT2D eigenvalue weighted by Gasteiger charge is 2.21. The topological polar surface area (TPSA) is 69.8 Å². The second-order valence-electron chi connectivity index (χ2n) is 6.70. The number of para-hydroxylation sites is 1. The first-order valence-corrected chi connectivity index (χ1v) is 9.78. The third-order valence-corrected chi connectivity index (χ3v) is 5.15. The van der Waals surface area contributed by atoms with Crippen molar-refractivity contribution in [3.05, 3.63) is 53.1 Å². The van der Waals surface area contributed by atoms with Crippen LogP contribution in [-0.2, 0) is 4.79 Å². The van der Waals surface area contributed by atoms with Crippen molar-refractivity contribution < 1.29 is 14.4 Å². The van der Waals surface area contributed by atoms with Crippen LogP contribution in [0.5, 0.6) is 5.75 Å². The Hall–Kier alpha value is -2.75. The molecule has 0 unspecified atom stereocenters. The van der Waals surface area contributed by atoms with E-state index in [0.29, 0.717) is 22.0 Å². The summed E-state index contributed by atoms with van der Waals surface area (Å²) in [5.41, 5.74) is 2.04. The summed E-state index contributed by atoms with van der Waals surface area (Å²) in [7, 11) is 0. The molecule has 2 N–H and O–H groups in total. The number of nitrogens with zero attached hydrogens (tertiary/aromatic N) is 2. The minimum Gasteiger partial charge on any atom is -0.482 e. The van der Waals surface area contributed by atoms with Crippen molar-refractivity contribution in [3.63, 3.8) is 0 Å². The number of nitriles is 1. The first-order valence-electron chi connectivity index (χ1n) is 9.40. The van der Waals surface area contributed by atoms with Crippen LogP contribution in [-0.4, -0.2) is 45.2 Å². The molecular formula is C21H24ClN4O2+. The van der Waals surface area contributed by atoms with Crippen LogP contribution in [0.3, 0.4) is 0 Å². The lowest BCUT2D eigenvalue weighted by atomic mass is 10.2. The molecule has 0 saturated carbocycles. The molecule has 0 atom stereocenters. The van der Waals surface area contributed by atoms with Gasteiger partial charge >= 0.3 is 0 Å². The van der Waals surface area contributed by atoms with E-state index >= 15 is 0 Å². The molecule has 0 aromatic heterocycles. The molecule has 1 aliphatic heterocycles. The number of hydrogen-bond acceptors (Lipinski definition) is 4. The van der Waals surface area contributed by atoms with Gasteiger partial charge in [-0.3, -0.25) is 4.79 Å². The Morgan fingerprint density at radius 3 is 2.75 bits per heavy atom. The molecule has 1 heterocycles. The van der Waals surface area contributed by atoms with Gasteiger partial charge in [0.2, 0.25) is 0 Å². The minimum atomic E-state index is -0.297. The molecule has 1 fully saturated rings. The Morgan fingerprint density at radius 2 is 2.04 bits per heavy atom. The number of benzene rings is 2. The molecule has 6 nitrogen and oxygen atoms in total. The lowest BCUT2D eigenvalue weighted by Gasteiger charge is -2.34. The standard InChI is InChI=1S/C21H23ClN4O2/c1-2-25-9-11-26(12-10-25)19-8-7-17(22)13-18(19)24-21(27)15-28-20-6-4-3-5-16(20)14-23/h3-8,13H,2,9-12,15H2,1H3,(H,24,27)/p+1. The van der Waals surface area contributed by atoms with Crippen LogP contribution in [0.2, 0.25) is 5.02 Å². The van der Waals surface area contributed by atoms with E-state index in [1.54, 1.807) is 35.2 Å². The molecule has 1 saturated heterocycles. The van der Waals surface area contributed by atoms with E-state index in [0.717, 1.165) is 38.4 Å². The van der Waals surface area contributed by atoms with E-state index in [4.69, 9.17) is 21.6 Å². The van der Waals surface area contributed by atoms with E-state index in [1.165, 1.54) is 0 Å². The first kappa shape index (κ1) is 20.0. The third kappa shape index (κ3) is 4.94. The maximum atomic E-state index is 12.4. The number of quaternary nitrogens is 1. The number of halogens is 1. The van der Waals surface area contributed by atoms with E-state index < -0.39 is 0 Å². The molecule has 2 aromatic rings. The summed E-state index contributed by atoms with van der Waals surface area (Å²) in [6.07, 6.45) is 0. The van der Waals surface area contributed by atoms with Gasteiger partial charge in [0.1, 0.15) is 11.8 Å². The van der Waals surface area contributed by atoms with Gasteiger partial charge in [0.25, 0.3) is 5.91 Å². The Balaban J connectivity index is 1.67. The molecule has 7 heteroatoms. The summed E-state index contributed by atoms with van der Waals surface area (Å²) in [6, 6.07) is 14.4. The van der Waals surface area contributed by atoms with Crippen LogP contribution >= 0.6 is 11.6 Å². The lowest BCUT2D eigenvalue weighted by Crippen LogP contribution is -3.14. The van der Waals surface area contributed by atoms with Crippen LogP contribution in [0.1, 0.15) is 12.5 Å². The SMILES string of the molecule is CC[NH+]1CCN(c2ccc(Cl)cc2NC(=O)COc2ccccc2C#N)CC1. The summed E-state index contributed by atoms with van der Waals surface area (Å²) >= 11 is 6.16. The number of nitrogens with one attached hydrogen (secondary N) is 2. The van der Waals surface area contributed by atoms with Gasteiger partial charge in [-0.25, -0.2) is 0 Å². The quantitative estimate of drug-likeness (QED) is 0.779. The van der Waals surface area contributed by atoms with Crippen LogP contribution in [0.4, 0.5) is 11.4 Å². The Morgan fingerprint density at radius 1 is 1.29 bits per heavy atom. The maximum Gasteiger partial charge on any atom is 0.262 e. The predicted molar refractivity (Wildman–Crippen MR) is 110 cm³/mol. The molecule has 0 spiro atoms. The number of carbonyl (C=O) groups excluding carboxylic acids is 1. The third-order valence-electron chi connectivity index (χ3n) is 4.91. The Kier molecular flexibility index (Phi) is 6.75. The number of carbonyl (C=O) groups is 1. The number of likely N-dealkylation sites (N-methyl/N-ethyl adjacent to an activating group) is 1. The van der Waals surface area contributed by atoms with E-state index in [2.05, 4.69) is 23.2 Å². The predicted octanol–water partition coefficient (Wildman–Crippen LogP) is 1.95. The number of amides is 1. The van der Waals surface area contributed by atoms with Crippen molar-refractivity contribution in [1.82, 2.24) is 0 Å². The Bertz CT molecular complexity index is 873. The van der Waals surface area contributed by atoms with Crippen LogP contribution in [0.15, 0.2) is 42.5 Å². The van der Waals surface area contributed by atoms with Crippen molar-refractivity contribution in [2.24, 2.45) is 0 Å². The average Bonchev–Trinajstić information content (AvgIpc) is 2.73. The summed E-state index contributed by atoms with van der Waals surface area (Å²) < 4.78 is 5.52. The molecule has 0 bridgehead atoms. The van der Waals surface area contributed by atoms with E-state index in [9.17, 15) is 4.79 Å². The van der Waals surface area contributed by atoms with Crippen molar-refractivity contribution >= 4 is 28.9 Å². The van der Waals surface area contributed by atoms with Gasteiger partial charge in [-0.1, -0.05) is 23.7 Å². The second-order valence-corrected chi connectivity index (χ2v) is 7.13. The number of anilines is 2. The van der Waals surface area contributed by atoms with E-state index in [-0.39, 0.29) is 12.5 Å². The Labute approximate surface area is 170 Å². The van der Waals surface area contributed by atoms with Crippen molar-refractivity contribution in [2.75, 3.05) is 49.5 Å². The first-order chi connectivity index (χ1) is 13.6. The van der Waals surface area contributed by atoms with Crippen molar-refractivity contribution in [2.45, 2.75) is 6.92 Å². The highest BCUT2D eigenvalue weighted by atomic mass is 35.5. The van der Waals surface area contributed by atoms with Gasteiger partial charge in [-0.15, -0.1) is 0 Å². The van der Waals surface area contributed by atoms with Crippen molar-refractivity contribution in [1.29, 1.82) is 5.26 Å². The molecule has 3 rings (SSSR count). The van der Waals surface area contributed by atoms with Gasteiger partial charge in [0.05, 0.1) is 49.7 Å². The summed E-state index contributed by atoms with van der Waals surface area (Å²) in [5, 5.41) is 12.6. The largest absolute Gasteiger partial charge is 0.482 e. The van der Waals surface area contributed by atoms with Gasteiger partial charge in [-0.2, -0.15) is 5.26 Å². The van der Waals surface area contributed by atoms with E-state index in [1.807, 2.05) is 12.1 Å². The number of piperazine rings is 1. The zero-order chi connectivity index (χ0) is 19.9. The smallest absolute Gasteiger partial charge is 0.262 e. The minimum absolute atomic E-state index is 0.182. The zero-order valence-corrected chi connectivity index (χ0v) is 16.6. The van der Waals surface area contributed by atoms with Gasteiger partial charge in [0.15, 0.2) is 6.61 Å². The fourth-order valence-electron chi connectivity index (χ4n) is 3.32. The zero-order valence-electron chi connectivity index (χ0n) is 15.9. The number of rotatable bonds is 6. The number of ether oxygens (including phenoxy) is 1. The summed E-state index contributed by atoms with van der Waals surface area (Å²) in [4.78, 5) is 16.3. The highest BCUT2D eigenvalue weighted by molar-refractivity contribution is 6.31. The summed E-state index contributed by atoms with van der Waals surface area (Å²) in [5.74, 6) is 0.0965. The number of hydrogen-bond donors (Lipinski definition) is 2. The average molecular weight is 400 g/mol. The second kappa shape index (κ2) is 9.45. The molecule has 0 aliphatic carbocycles. The van der Waals surface area contributed by atoms with Gasteiger partial charge in [0, 0.05) is 5.02 Å². The molecule has 2 aromatic carbocycles. The fraction of sp³-hybridized carbons (Fsp3) is 0.333. The lowest BCUT2D eigenvalue weighted by molar-refractivity contribution is -0.898. The maximum absolute atomic E-state index is 12.4.